The Morgan fingerprint density at radius 1 is 1.04 bits per heavy atom. The third-order valence-corrected chi connectivity index (χ3v) is 9.05. The fourth-order valence-electron chi connectivity index (χ4n) is 6.45. The molecule has 0 bridgehead atoms. The molecule has 2 N–H and O–H groups in total. The number of halogens is 1. The maximum absolute atomic E-state index is 15.6. The molecule has 1 aliphatic heterocycles. The van der Waals surface area contributed by atoms with Crippen LogP contribution in [0.5, 0.6) is 0 Å². The standard InChI is InChI=1S/C34H37FN8O2.C3H4O/c1-22-5-6-28(15-37-22)40-11-3-4-29(20-40)41(16-24-9-10-36-23(2)12-24)17-25-18-42(27-7-8-27)32-14-33(31(35)13-30(32)34(25)45)43-19-26(21-44)38-39-43;1-2-3-4/h5-6,9-10,12-15,18-19,27,29,44H,3-4,7-8,11,16-17,20-21H2,1-2H3;1,4H,3H2/t29-;/m0./s1. The predicted molar refractivity (Wildman–Crippen MR) is 186 cm³/mol. The number of fused-ring (bicyclic) bond motifs is 1. The largest absolute Gasteiger partial charge is 0.390 e. The molecule has 1 aromatic carbocycles. The number of terminal acetylenes is 1. The van der Waals surface area contributed by atoms with Gasteiger partial charge in [-0.25, -0.2) is 9.07 Å². The van der Waals surface area contributed by atoms with Gasteiger partial charge in [0.2, 0.25) is 0 Å². The molecule has 5 heterocycles. The van der Waals surface area contributed by atoms with Crippen molar-refractivity contribution in [3.05, 3.63) is 105 Å². The average molecular weight is 665 g/mol. The molecule has 5 aromatic rings. The molecule has 0 spiro atoms. The molecule has 1 saturated carbocycles. The number of benzene rings is 1. The summed E-state index contributed by atoms with van der Waals surface area (Å²) in [6.45, 7) is 6.44. The number of nitrogens with zero attached hydrogens (tertiary/aromatic N) is 8. The number of anilines is 1. The minimum Gasteiger partial charge on any atom is -0.390 e. The molecule has 0 amide bonds. The summed E-state index contributed by atoms with van der Waals surface area (Å²) in [4.78, 5) is 27.8. The first-order valence-electron chi connectivity index (χ1n) is 16.5. The maximum atomic E-state index is 15.6. The second kappa shape index (κ2) is 15.1. The lowest BCUT2D eigenvalue weighted by Crippen LogP contribution is -2.48. The predicted octanol–water partition coefficient (Wildman–Crippen LogP) is 4.24. The van der Waals surface area contributed by atoms with Crippen LogP contribution in [0.25, 0.3) is 16.6 Å². The molecule has 7 rings (SSSR count). The summed E-state index contributed by atoms with van der Waals surface area (Å²) in [5, 5.41) is 25.3. The van der Waals surface area contributed by atoms with E-state index in [1.54, 1.807) is 6.07 Å². The fraction of sp³-hybridized carbons (Fsp3) is 0.378. The molecule has 0 radical (unpaired) electrons. The first-order chi connectivity index (χ1) is 23.8. The summed E-state index contributed by atoms with van der Waals surface area (Å²) in [6, 6.07) is 11.8. The molecule has 12 heteroatoms. The van der Waals surface area contributed by atoms with Crippen LogP contribution < -0.4 is 10.3 Å². The molecular weight excluding hydrogens is 623 g/mol. The normalized spacial score (nSPS) is 16.0. The van der Waals surface area contributed by atoms with Crippen LogP contribution in [0.2, 0.25) is 0 Å². The molecule has 49 heavy (non-hydrogen) atoms. The van der Waals surface area contributed by atoms with E-state index >= 15 is 4.39 Å². The molecule has 1 aliphatic carbocycles. The Morgan fingerprint density at radius 2 is 1.86 bits per heavy atom. The summed E-state index contributed by atoms with van der Waals surface area (Å²) in [6.07, 6.45) is 15.8. The number of aryl methyl sites for hydroxylation is 2. The van der Waals surface area contributed by atoms with Crippen molar-refractivity contribution >= 4 is 16.6 Å². The van der Waals surface area contributed by atoms with Gasteiger partial charge in [-0.05, 0) is 81.5 Å². The van der Waals surface area contributed by atoms with E-state index in [0.29, 0.717) is 35.2 Å². The van der Waals surface area contributed by atoms with Gasteiger partial charge in [0.05, 0.1) is 30.2 Å². The number of aromatic nitrogens is 6. The Hall–Kier alpha value is -4.96. The van der Waals surface area contributed by atoms with E-state index in [4.69, 9.17) is 5.11 Å². The SMILES string of the molecule is C#CCO.Cc1ccc(N2CCC[C@H](N(Cc3ccnc(C)c3)Cc3cn(C4CC4)c4cc(-n5cc(CO)nn5)c(F)cc4c3=O)C2)cn1. The van der Waals surface area contributed by atoms with Crippen molar-refractivity contribution in [1.29, 1.82) is 0 Å². The van der Waals surface area contributed by atoms with Gasteiger partial charge < -0.3 is 19.7 Å². The highest BCUT2D eigenvalue weighted by Gasteiger charge is 2.30. The summed E-state index contributed by atoms with van der Waals surface area (Å²) in [5.41, 5.74) is 5.91. The van der Waals surface area contributed by atoms with Crippen LogP contribution in [-0.2, 0) is 19.7 Å². The average Bonchev–Trinajstić information content (AvgIpc) is 3.85. The second-order valence-corrected chi connectivity index (χ2v) is 12.7. The summed E-state index contributed by atoms with van der Waals surface area (Å²) >= 11 is 0. The van der Waals surface area contributed by atoms with Gasteiger partial charge in [0.1, 0.15) is 23.8 Å². The lowest BCUT2D eigenvalue weighted by Gasteiger charge is -2.40. The van der Waals surface area contributed by atoms with E-state index < -0.39 is 5.82 Å². The number of pyridine rings is 3. The zero-order valence-electron chi connectivity index (χ0n) is 27.8. The van der Waals surface area contributed by atoms with Crippen molar-refractivity contribution in [2.24, 2.45) is 0 Å². The molecule has 0 unspecified atom stereocenters. The maximum Gasteiger partial charge on any atom is 0.193 e. The van der Waals surface area contributed by atoms with Gasteiger partial charge in [-0.1, -0.05) is 11.1 Å². The Kier molecular flexibility index (Phi) is 10.4. The second-order valence-electron chi connectivity index (χ2n) is 12.7. The van der Waals surface area contributed by atoms with Crippen LogP contribution in [0.3, 0.4) is 0 Å². The van der Waals surface area contributed by atoms with E-state index in [1.165, 1.54) is 16.9 Å². The zero-order valence-corrected chi connectivity index (χ0v) is 27.8. The van der Waals surface area contributed by atoms with Crippen molar-refractivity contribution in [2.75, 3.05) is 24.6 Å². The number of hydrogen-bond acceptors (Lipinski definition) is 9. The van der Waals surface area contributed by atoms with Gasteiger partial charge in [-0.2, -0.15) is 0 Å². The molecule has 1 atom stereocenters. The van der Waals surface area contributed by atoms with Crippen LogP contribution in [0.4, 0.5) is 10.1 Å². The summed E-state index contributed by atoms with van der Waals surface area (Å²) in [5.74, 6) is 1.42. The molecule has 254 valence electrons. The highest BCUT2D eigenvalue weighted by molar-refractivity contribution is 5.82. The van der Waals surface area contributed by atoms with Crippen LogP contribution in [-0.4, -0.2) is 70.4 Å². The summed E-state index contributed by atoms with van der Waals surface area (Å²) < 4.78 is 19.0. The Balaban J connectivity index is 0.000000989. The smallest absolute Gasteiger partial charge is 0.193 e. The van der Waals surface area contributed by atoms with E-state index in [2.05, 4.69) is 53.2 Å². The Bertz CT molecular complexity index is 2020. The topological polar surface area (TPSA) is 125 Å². The molecule has 2 aliphatic rings. The molecule has 11 nitrogen and oxygen atoms in total. The van der Waals surface area contributed by atoms with Crippen LogP contribution in [0, 0.1) is 32.0 Å². The summed E-state index contributed by atoms with van der Waals surface area (Å²) in [7, 11) is 0. The van der Waals surface area contributed by atoms with E-state index in [-0.39, 0.29) is 36.4 Å². The van der Waals surface area contributed by atoms with E-state index in [1.807, 2.05) is 50.5 Å². The van der Waals surface area contributed by atoms with Crippen molar-refractivity contribution in [3.8, 4) is 18.0 Å². The zero-order chi connectivity index (χ0) is 34.5. The third-order valence-electron chi connectivity index (χ3n) is 9.05. The Morgan fingerprint density at radius 3 is 2.53 bits per heavy atom. The van der Waals surface area contributed by atoms with Gasteiger partial charge in [-0.15, -0.1) is 11.5 Å². The van der Waals surface area contributed by atoms with Crippen LogP contribution in [0.15, 0.2) is 66.0 Å². The molecular formula is C37H41FN8O3. The van der Waals surface area contributed by atoms with Crippen molar-refractivity contribution in [1.82, 2.24) is 34.4 Å². The minimum atomic E-state index is -0.563. The monoisotopic (exact) mass is 664 g/mol. The number of aliphatic hydroxyl groups is 2. The van der Waals surface area contributed by atoms with Crippen LogP contribution >= 0.6 is 0 Å². The first-order valence-corrected chi connectivity index (χ1v) is 16.5. The van der Waals surface area contributed by atoms with Gasteiger partial charge in [0, 0.05) is 73.0 Å². The lowest BCUT2D eigenvalue weighted by atomic mass is 10.0. The minimum absolute atomic E-state index is 0.153. The first kappa shape index (κ1) is 33.9. The highest BCUT2D eigenvalue weighted by atomic mass is 19.1. The molecule has 1 saturated heterocycles. The van der Waals surface area contributed by atoms with E-state index in [0.717, 1.165) is 61.4 Å². The number of hydrogen-bond donors (Lipinski definition) is 2. The van der Waals surface area contributed by atoms with Gasteiger partial charge in [-0.3, -0.25) is 19.7 Å². The highest BCUT2D eigenvalue weighted by Crippen LogP contribution is 2.38. The number of piperidine rings is 1. The van der Waals surface area contributed by atoms with Crippen molar-refractivity contribution in [2.45, 2.75) is 71.3 Å². The quantitative estimate of drug-likeness (QED) is 0.223. The number of aliphatic hydroxyl groups excluding tert-OH is 2. The van der Waals surface area contributed by atoms with Gasteiger partial charge in [0.15, 0.2) is 5.43 Å². The number of rotatable bonds is 9. The molecule has 2 fully saturated rings. The van der Waals surface area contributed by atoms with E-state index in [9.17, 15) is 9.90 Å². The fourth-order valence-corrected chi connectivity index (χ4v) is 6.45. The van der Waals surface area contributed by atoms with Gasteiger partial charge in [0.25, 0.3) is 0 Å². The Labute approximate surface area is 284 Å². The van der Waals surface area contributed by atoms with Crippen molar-refractivity contribution in [3.63, 3.8) is 0 Å². The third kappa shape index (κ3) is 7.86. The lowest BCUT2D eigenvalue weighted by molar-refractivity contribution is 0.158. The molecule has 4 aromatic heterocycles. The van der Waals surface area contributed by atoms with Gasteiger partial charge >= 0.3 is 0 Å². The van der Waals surface area contributed by atoms with Crippen LogP contribution in [0.1, 0.15) is 59.9 Å². The van der Waals surface area contributed by atoms with Crippen molar-refractivity contribution < 1.29 is 14.6 Å².